The number of ether oxygens (including phenoxy) is 1. The second-order valence-electron chi connectivity index (χ2n) is 4.74. The van der Waals surface area contributed by atoms with Crippen LogP contribution in [0.15, 0.2) is 48.3 Å². The zero-order valence-electron chi connectivity index (χ0n) is 12.0. The van der Waals surface area contributed by atoms with Crippen molar-refractivity contribution < 1.29 is 19.4 Å². The van der Waals surface area contributed by atoms with E-state index in [2.05, 4.69) is 6.58 Å². The van der Waals surface area contributed by atoms with Crippen LogP contribution in [0.5, 0.6) is 5.75 Å². The fraction of sp³-hybridized carbons (Fsp3) is 0.250. The van der Waals surface area contributed by atoms with E-state index in [4.69, 9.17) is 4.74 Å². The summed E-state index contributed by atoms with van der Waals surface area (Å²) in [4.78, 5) is 25.3. The molecular weight excluding hydrogens is 270 g/mol. The van der Waals surface area contributed by atoms with Gasteiger partial charge >= 0.3 is 0 Å². The summed E-state index contributed by atoms with van der Waals surface area (Å²) in [7, 11) is 1.56. The summed E-state index contributed by atoms with van der Waals surface area (Å²) in [6.07, 6.45) is 1.56. The maximum atomic E-state index is 12.1. The van der Waals surface area contributed by atoms with Gasteiger partial charge in [0, 0.05) is 6.54 Å². The molecule has 21 heavy (non-hydrogen) atoms. The fourth-order valence-electron chi connectivity index (χ4n) is 2.47. The summed E-state index contributed by atoms with van der Waals surface area (Å²) in [6, 6.07) is 6.44. The molecule has 0 spiro atoms. The van der Waals surface area contributed by atoms with Crippen LogP contribution in [0.3, 0.4) is 0 Å². The molecule has 2 rings (SSSR count). The molecule has 5 nitrogen and oxygen atoms in total. The zero-order chi connectivity index (χ0) is 15.6. The molecule has 1 aliphatic heterocycles. The summed E-state index contributed by atoms with van der Waals surface area (Å²) in [5, 5.41) is 9.97. The highest BCUT2D eigenvalue weighted by atomic mass is 16.5. The van der Waals surface area contributed by atoms with Crippen molar-refractivity contribution in [2.75, 3.05) is 13.7 Å². The minimum atomic E-state index is -0.598. The van der Waals surface area contributed by atoms with Gasteiger partial charge in [0.15, 0.2) is 11.5 Å². The highest BCUT2D eigenvalue weighted by Crippen LogP contribution is 2.37. The fourth-order valence-corrected chi connectivity index (χ4v) is 2.47. The molecule has 0 radical (unpaired) electrons. The van der Waals surface area contributed by atoms with Crippen LogP contribution < -0.4 is 4.74 Å². The lowest BCUT2D eigenvalue weighted by Crippen LogP contribution is -2.31. The van der Waals surface area contributed by atoms with Gasteiger partial charge in [-0.3, -0.25) is 9.59 Å². The number of hydrogen-bond donors (Lipinski definition) is 1. The average molecular weight is 287 g/mol. The van der Waals surface area contributed by atoms with E-state index in [1.54, 1.807) is 37.5 Å². The number of hydrogen-bond acceptors (Lipinski definition) is 4. The molecule has 0 unspecified atom stereocenters. The van der Waals surface area contributed by atoms with Crippen LogP contribution in [0.4, 0.5) is 0 Å². The first-order valence-electron chi connectivity index (χ1n) is 6.51. The standard InChI is InChI=1S/C16H17NO4/c1-4-9-17-14(11-5-7-12(21-3)8-6-11)13(10(2)18)15(19)16(17)20/h4-8,14,19H,1,9H2,2-3H3/t14-/m1/s1. The Hall–Kier alpha value is -2.56. The van der Waals surface area contributed by atoms with Crippen LogP contribution in [0.2, 0.25) is 0 Å². The third-order valence-corrected chi connectivity index (χ3v) is 3.44. The molecule has 1 amide bonds. The Bertz CT molecular complexity index is 616. The van der Waals surface area contributed by atoms with Crippen molar-refractivity contribution in [2.45, 2.75) is 13.0 Å². The van der Waals surface area contributed by atoms with Gasteiger partial charge in [0.25, 0.3) is 5.91 Å². The second kappa shape index (κ2) is 5.83. The van der Waals surface area contributed by atoms with Crippen molar-refractivity contribution in [3.05, 3.63) is 53.8 Å². The first kappa shape index (κ1) is 14.8. The molecule has 0 fully saturated rings. The van der Waals surface area contributed by atoms with E-state index >= 15 is 0 Å². The van der Waals surface area contributed by atoms with E-state index in [0.717, 1.165) is 5.56 Å². The largest absolute Gasteiger partial charge is 0.503 e. The minimum Gasteiger partial charge on any atom is -0.503 e. The zero-order valence-corrected chi connectivity index (χ0v) is 12.0. The summed E-state index contributed by atoms with van der Waals surface area (Å²) >= 11 is 0. The summed E-state index contributed by atoms with van der Waals surface area (Å²) in [5.41, 5.74) is 0.854. The Balaban J connectivity index is 2.50. The molecule has 1 heterocycles. The van der Waals surface area contributed by atoms with Crippen LogP contribution in [0.1, 0.15) is 18.5 Å². The van der Waals surface area contributed by atoms with E-state index in [-0.39, 0.29) is 17.9 Å². The van der Waals surface area contributed by atoms with E-state index in [1.165, 1.54) is 11.8 Å². The minimum absolute atomic E-state index is 0.118. The lowest BCUT2D eigenvalue weighted by molar-refractivity contribution is -0.128. The molecule has 0 saturated heterocycles. The van der Waals surface area contributed by atoms with Crippen molar-refractivity contribution >= 4 is 11.7 Å². The molecule has 0 aliphatic carbocycles. The highest BCUT2D eigenvalue weighted by Gasteiger charge is 2.41. The first-order chi connectivity index (χ1) is 10.0. The first-order valence-corrected chi connectivity index (χ1v) is 6.51. The molecule has 0 aromatic heterocycles. The van der Waals surface area contributed by atoms with Gasteiger partial charge in [-0.25, -0.2) is 0 Å². The number of ketones is 1. The van der Waals surface area contributed by atoms with Gasteiger partial charge in [-0.1, -0.05) is 18.2 Å². The van der Waals surface area contributed by atoms with Crippen molar-refractivity contribution in [1.82, 2.24) is 4.90 Å². The predicted molar refractivity (Wildman–Crippen MR) is 78.0 cm³/mol. The van der Waals surface area contributed by atoms with Crippen molar-refractivity contribution in [2.24, 2.45) is 0 Å². The maximum absolute atomic E-state index is 12.1. The number of nitrogens with zero attached hydrogens (tertiary/aromatic N) is 1. The van der Waals surface area contributed by atoms with Gasteiger partial charge in [-0.2, -0.15) is 0 Å². The molecular formula is C16H17NO4. The number of aliphatic hydroxyl groups is 1. The van der Waals surface area contributed by atoms with Gasteiger partial charge in [0.2, 0.25) is 0 Å². The topological polar surface area (TPSA) is 66.8 Å². The third-order valence-electron chi connectivity index (χ3n) is 3.44. The van der Waals surface area contributed by atoms with Gasteiger partial charge in [-0.15, -0.1) is 6.58 Å². The molecule has 1 N–H and O–H groups in total. The van der Waals surface area contributed by atoms with Gasteiger partial charge < -0.3 is 14.7 Å². The van der Waals surface area contributed by atoms with Crippen molar-refractivity contribution in [3.8, 4) is 5.75 Å². The molecule has 5 heteroatoms. The molecule has 0 saturated carbocycles. The maximum Gasteiger partial charge on any atom is 0.290 e. The van der Waals surface area contributed by atoms with Gasteiger partial charge in [0.05, 0.1) is 18.7 Å². The normalized spacial score (nSPS) is 18.1. The molecule has 110 valence electrons. The quantitative estimate of drug-likeness (QED) is 0.843. The number of rotatable bonds is 5. The van der Waals surface area contributed by atoms with Crippen LogP contribution in [0.25, 0.3) is 0 Å². The second-order valence-corrected chi connectivity index (χ2v) is 4.74. The Morgan fingerprint density at radius 3 is 2.52 bits per heavy atom. The summed E-state index contributed by atoms with van der Waals surface area (Å²) < 4.78 is 5.10. The number of carbonyl (C=O) groups excluding carboxylic acids is 2. The molecule has 0 bridgehead atoms. The lowest BCUT2D eigenvalue weighted by Gasteiger charge is -2.25. The van der Waals surface area contributed by atoms with Crippen molar-refractivity contribution in [1.29, 1.82) is 0 Å². The number of benzene rings is 1. The molecule has 1 atom stereocenters. The molecule has 1 aromatic rings. The number of carbonyl (C=O) groups is 2. The van der Waals surface area contributed by atoms with E-state index in [1.807, 2.05) is 0 Å². The monoisotopic (exact) mass is 287 g/mol. The Morgan fingerprint density at radius 2 is 2.05 bits per heavy atom. The Kier molecular flexibility index (Phi) is 4.12. The van der Waals surface area contributed by atoms with Crippen LogP contribution in [-0.2, 0) is 9.59 Å². The Labute approximate surface area is 123 Å². The van der Waals surface area contributed by atoms with Gasteiger partial charge in [0.1, 0.15) is 5.75 Å². The number of Topliss-reactive ketones (excluding diaryl/α,β-unsaturated/α-hetero) is 1. The van der Waals surface area contributed by atoms with Gasteiger partial charge in [-0.05, 0) is 24.6 Å². The van der Waals surface area contributed by atoms with E-state index in [9.17, 15) is 14.7 Å². The highest BCUT2D eigenvalue weighted by molar-refractivity contribution is 6.08. The number of amides is 1. The third kappa shape index (κ3) is 2.54. The van der Waals surface area contributed by atoms with Crippen LogP contribution >= 0.6 is 0 Å². The SMILES string of the molecule is C=CCN1C(=O)C(O)=C(C(C)=O)[C@H]1c1ccc(OC)cc1. The van der Waals surface area contributed by atoms with Crippen LogP contribution in [0, 0.1) is 0 Å². The van der Waals surface area contributed by atoms with E-state index in [0.29, 0.717) is 5.75 Å². The summed E-state index contributed by atoms with van der Waals surface area (Å²) in [5.74, 6) is -0.685. The molecule has 1 aliphatic rings. The number of aliphatic hydroxyl groups excluding tert-OH is 1. The summed E-state index contributed by atoms with van der Waals surface area (Å²) in [6.45, 7) is 5.20. The average Bonchev–Trinajstić information content (AvgIpc) is 2.73. The lowest BCUT2D eigenvalue weighted by atomic mass is 9.96. The number of methoxy groups -OCH3 is 1. The van der Waals surface area contributed by atoms with Crippen LogP contribution in [-0.4, -0.2) is 35.4 Å². The Morgan fingerprint density at radius 1 is 1.43 bits per heavy atom. The van der Waals surface area contributed by atoms with Crippen molar-refractivity contribution in [3.63, 3.8) is 0 Å². The molecule has 1 aromatic carbocycles. The predicted octanol–water partition coefficient (Wildman–Crippen LogP) is 2.17. The smallest absolute Gasteiger partial charge is 0.290 e. The van der Waals surface area contributed by atoms with E-state index < -0.39 is 17.7 Å².